The third kappa shape index (κ3) is 1.13. The number of hydrogen-bond acceptors (Lipinski definition) is 1. The van der Waals surface area contributed by atoms with Crippen molar-refractivity contribution < 1.29 is 0 Å². The molecule has 0 saturated carbocycles. The van der Waals surface area contributed by atoms with Crippen molar-refractivity contribution >= 4 is 28.1 Å². The lowest BCUT2D eigenvalue weighted by Crippen LogP contribution is -1.92. The zero-order chi connectivity index (χ0) is 7.84. The molecule has 3 heteroatoms. The molecular formula is C8H7IN2. The maximum atomic E-state index is 4.17. The van der Waals surface area contributed by atoms with Gasteiger partial charge >= 0.3 is 0 Å². The summed E-state index contributed by atoms with van der Waals surface area (Å²) in [6.45, 7) is 2.06. The van der Waals surface area contributed by atoms with Gasteiger partial charge in [-0.05, 0) is 47.7 Å². The molecule has 0 spiro atoms. The van der Waals surface area contributed by atoms with Crippen molar-refractivity contribution in [3.05, 3.63) is 33.7 Å². The molecule has 0 aliphatic carbocycles. The highest BCUT2D eigenvalue weighted by molar-refractivity contribution is 14.1. The summed E-state index contributed by atoms with van der Waals surface area (Å²) >= 11 is 2.31. The van der Waals surface area contributed by atoms with Gasteiger partial charge < -0.3 is 0 Å². The number of rotatable bonds is 0. The van der Waals surface area contributed by atoms with Crippen molar-refractivity contribution in [3.63, 3.8) is 0 Å². The van der Waals surface area contributed by atoms with Crippen LogP contribution in [0.4, 0.5) is 0 Å². The molecule has 2 aromatic rings. The van der Waals surface area contributed by atoms with Crippen LogP contribution in [0, 0.1) is 10.5 Å². The fourth-order valence-electron chi connectivity index (χ4n) is 1.16. The number of fused-ring (bicyclic) bond motifs is 1. The number of pyridine rings is 1. The van der Waals surface area contributed by atoms with Crippen LogP contribution in [0.15, 0.2) is 24.4 Å². The summed E-state index contributed by atoms with van der Waals surface area (Å²) in [5, 5.41) is 4.17. The van der Waals surface area contributed by atoms with Gasteiger partial charge in [0.15, 0.2) is 0 Å². The van der Waals surface area contributed by atoms with Crippen molar-refractivity contribution in [3.8, 4) is 0 Å². The van der Waals surface area contributed by atoms with Crippen LogP contribution in [0.1, 0.15) is 5.69 Å². The quantitative estimate of drug-likeness (QED) is 0.662. The third-order valence-electron chi connectivity index (χ3n) is 1.64. The Morgan fingerprint density at radius 2 is 2.27 bits per heavy atom. The van der Waals surface area contributed by atoms with Gasteiger partial charge in [0.2, 0.25) is 0 Å². The highest BCUT2D eigenvalue weighted by Gasteiger charge is 1.97. The molecule has 0 saturated heterocycles. The molecule has 2 aromatic heterocycles. The minimum absolute atomic E-state index is 1.16. The maximum Gasteiger partial charge on any atom is 0.0675 e. The van der Waals surface area contributed by atoms with E-state index in [1.807, 2.05) is 16.8 Å². The van der Waals surface area contributed by atoms with Crippen LogP contribution in [0.25, 0.3) is 5.52 Å². The van der Waals surface area contributed by atoms with Crippen molar-refractivity contribution in [1.82, 2.24) is 9.61 Å². The number of halogens is 1. The minimum Gasteiger partial charge on any atom is -0.238 e. The van der Waals surface area contributed by atoms with Gasteiger partial charge in [0, 0.05) is 15.5 Å². The molecule has 0 aliphatic heterocycles. The van der Waals surface area contributed by atoms with Crippen LogP contribution < -0.4 is 0 Å². The molecule has 0 aliphatic rings. The summed E-state index contributed by atoms with van der Waals surface area (Å²) in [6, 6.07) is 6.23. The van der Waals surface area contributed by atoms with E-state index in [2.05, 4.69) is 46.7 Å². The Hall–Kier alpha value is -0.580. The normalized spacial score (nSPS) is 10.7. The van der Waals surface area contributed by atoms with Crippen molar-refractivity contribution in [2.24, 2.45) is 0 Å². The van der Waals surface area contributed by atoms with Crippen molar-refractivity contribution in [2.75, 3.05) is 0 Å². The van der Waals surface area contributed by atoms with Crippen LogP contribution in [0.2, 0.25) is 0 Å². The minimum atomic E-state index is 1.16. The Morgan fingerprint density at radius 3 is 3.09 bits per heavy atom. The zero-order valence-electron chi connectivity index (χ0n) is 6.08. The lowest BCUT2D eigenvalue weighted by molar-refractivity contribution is 0.912. The molecule has 0 atom stereocenters. The van der Waals surface area contributed by atoms with E-state index in [9.17, 15) is 0 Å². The summed E-state index contributed by atoms with van der Waals surface area (Å²) < 4.78 is 3.19. The lowest BCUT2D eigenvalue weighted by atomic mass is 10.3. The monoisotopic (exact) mass is 258 g/mol. The molecule has 0 unspecified atom stereocenters. The summed E-state index contributed by atoms with van der Waals surface area (Å²) in [4.78, 5) is 0. The molecule has 0 N–H and O–H groups in total. The highest BCUT2D eigenvalue weighted by atomic mass is 127. The molecule has 11 heavy (non-hydrogen) atoms. The number of aromatic nitrogens is 2. The first-order valence-corrected chi connectivity index (χ1v) is 4.45. The largest absolute Gasteiger partial charge is 0.238 e. The van der Waals surface area contributed by atoms with Gasteiger partial charge in [-0.2, -0.15) is 5.10 Å². The fraction of sp³-hybridized carbons (Fsp3) is 0.125. The fourth-order valence-corrected chi connectivity index (χ4v) is 1.93. The maximum absolute atomic E-state index is 4.17. The van der Waals surface area contributed by atoms with Crippen molar-refractivity contribution in [1.29, 1.82) is 0 Å². The van der Waals surface area contributed by atoms with Crippen LogP contribution in [-0.4, -0.2) is 9.61 Å². The van der Waals surface area contributed by atoms with E-state index >= 15 is 0 Å². The van der Waals surface area contributed by atoms with E-state index in [0.29, 0.717) is 0 Å². The topological polar surface area (TPSA) is 17.3 Å². The number of aryl methyl sites for hydroxylation is 1. The zero-order valence-corrected chi connectivity index (χ0v) is 8.24. The van der Waals surface area contributed by atoms with E-state index in [0.717, 1.165) is 5.52 Å². The molecule has 0 fully saturated rings. The molecule has 2 nitrogen and oxygen atoms in total. The second-order valence-corrected chi connectivity index (χ2v) is 3.73. The SMILES string of the molecule is Cc1cc(I)cc2ccnn12. The van der Waals surface area contributed by atoms with E-state index < -0.39 is 0 Å². The number of nitrogens with zero attached hydrogens (tertiary/aromatic N) is 2. The molecule has 2 heterocycles. The van der Waals surface area contributed by atoms with E-state index in [4.69, 9.17) is 0 Å². The van der Waals surface area contributed by atoms with Gasteiger partial charge in [-0.1, -0.05) is 0 Å². The van der Waals surface area contributed by atoms with E-state index in [-0.39, 0.29) is 0 Å². The highest BCUT2D eigenvalue weighted by Crippen LogP contribution is 2.11. The summed E-state index contributed by atoms with van der Waals surface area (Å²) in [6.07, 6.45) is 1.82. The summed E-state index contributed by atoms with van der Waals surface area (Å²) in [5.74, 6) is 0. The van der Waals surface area contributed by atoms with Gasteiger partial charge in [0.05, 0.1) is 5.52 Å². The van der Waals surface area contributed by atoms with Gasteiger partial charge in [0.1, 0.15) is 0 Å². The second kappa shape index (κ2) is 2.48. The Morgan fingerprint density at radius 1 is 1.45 bits per heavy atom. The van der Waals surface area contributed by atoms with Crippen LogP contribution >= 0.6 is 22.6 Å². The van der Waals surface area contributed by atoms with E-state index in [1.54, 1.807) is 0 Å². The first kappa shape index (κ1) is 7.09. The Bertz CT molecular complexity index is 392. The first-order valence-electron chi connectivity index (χ1n) is 3.37. The third-order valence-corrected chi connectivity index (χ3v) is 2.26. The summed E-state index contributed by atoms with van der Waals surface area (Å²) in [5.41, 5.74) is 2.34. The standard InChI is InChI=1S/C8H7IN2/c1-6-4-7(9)5-8-2-3-10-11(6)8/h2-5H,1H3. The molecule has 0 amide bonds. The molecular weight excluding hydrogens is 251 g/mol. The average molecular weight is 258 g/mol. The molecule has 0 radical (unpaired) electrons. The van der Waals surface area contributed by atoms with Gasteiger partial charge in [-0.3, -0.25) is 0 Å². The van der Waals surface area contributed by atoms with Gasteiger partial charge in [0.25, 0.3) is 0 Å². The predicted molar refractivity (Wildman–Crippen MR) is 52.6 cm³/mol. The average Bonchev–Trinajstić information content (AvgIpc) is 2.34. The van der Waals surface area contributed by atoms with E-state index in [1.165, 1.54) is 9.26 Å². The van der Waals surface area contributed by atoms with Gasteiger partial charge in [-0.15, -0.1) is 0 Å². The molecule has 0 aromatic carbocycles. The van der Waals surface area contributed by atoms with Gasteiger partial charge in [-0.25, -0.2) is 4.52 Å². The Balaban J connectivity index is 2.91. The van der Waals surface area contributed by atoms with Crippen LogP contribution in [-0.2, 0) is 0 Å². The van der Waals surface area contributed by atoms with Crippen molar-refractivity contribution in [2.45, 2.75) is 6.92 Å². The summed E-state index contributed by atoms with van der Waals surface area (Å²) in [7, 11) is 0. The van der Waals surface area contributed by atoms with Crippen LogP contribution in [0.3, 0.4) is 0 Å². The molecule has 2 rings (SSSR count). The predicted octanol–water partition coefficient (Wildman–Crippen LogP) is 2.25. The Labute approximate surface area is 78.4 Å². The first-order chi connectivity index (χ1) is 5.27. The molecule has 0 bridgehead atoms. The van der Waals surface area contributed by atoms with Crippen LogP contribution in [0.5, 0.6) is 0 Å². The second-order valence-electron chi connectivity index (χ2n) is 2.48. The molecule has 56 valence electrons. The smallest absolute Gasteiger partial charge is 0.0675 e. The number of hydrogen-bond donors (Lipinski definition) is 0. The Kier molecular flexibility index (Phi) is 1.60. The lowest BCUT2D eigenvalue weighted by Gasteiger charge is -1.98.